The molecule has 7 heteroatoms. The molecule has 3 aromatic rings. The number of benzene rings is 1. The van der Waals surface area contributed by atoms with Gasteiger partial charge in [-0.05, 0) is 48.2 Å². The van der Waals surface area contributed by atoms with Crippen molar-refractivity contribution in [2.75, 3.05) is 6.54 Å². The Balaban J connectivity index is 1.51. The van der Waals surface area contributed by atoms with Gasteiger partial charge in [0.1, 0.15) is 5.69 Å². The van der Waals surface area contributed by atoms with E-state index < -0.39 is 5.97 Å². The van der Waals surface area contributed by atoms with Gasteiger partial charge in [-0.1, -0.05) is 18.2 Å². The largest absolute Gasteiger partial charge is 0.478 e. The van der Waals surface area contributed by atoms with E-state index in [-0.39, 0.29) is 11.5 Å². The maximum atomic E-state index is 12.3. The van der Waals surface area contributed by atoms with Crippen molar-refractivity contribution in [3.8, 4) is 11.3 Å². The summed E-state index contributed by atoms with van der Waals surface area (Å²) >= 11 is 0. The van der Waals surface area contributed by atoms with Crippen LogP contribution in [0.15, 0.2) is 36.5 Å². The lowest BCUT2D eigenvalue weighted by atomic mass is 9.89. The van der Waals surface area contributed by atoms with E-state index in [4.69, 9.17) is 10.2 Å². The van der Waals surface area contributed by atoms with Gasteiger partial charge in [-0.2, -0.15) is 5.10 Å². The summed E-state index contributed by atoms with van der Waals surface area (Å²) in [6, 6.07) is 8.74. The Morgan fingerprint density at radius 1 is 1.21 bits per heavy atom. The van der Waals surface area contributed by atoms with Crippen LogP contribution in [0.5, 0.6) is 0 Å². The number of pyridine rings is 1. The molecule has 0 saturated carbocycles. The molecule has 0 spiro atoms. The molecule has 1 aliphatic carbocycles. The normalized spacial score (nSPS) is 14.8. The third kappa shape index (κ3) is 3.00. The average Bonchev–Trinajstić information content (AvgIpc) is 3.13. The highest BCUT2D eigenvalue weighted by atomic mass is 16.4. The van der Waals surface area contributed by atoms with Gasteiger partial charge in [0.05, 0.1) is 23.5 Å². The summed E-state index contributed by atoms with van der Waals surface area (Å²) in [6.45, 7) is 1.28. The average molecular weight is 386 g/mol. The maximum Gasteiger partial charge on any atom is 0.335 e. The number of hydrogen-bond donors (Lipinski definition) is 2. The fourth-order valence-electron chi connectivity index (χ4n) is 3.95. The summed E-state index contributed by atoms with van der Waals surface area (Å²) in [5.74, 6) is -1.01. The molecule has 0 atom stereocenters. The van der Waals surface area contributed by atoms with Crippen molar-refractivity contribution in [2.24, 2.45) is 0 Å². The molecule has 0 radical (unpaired) electrons. The molecule has 0 unspecified atom stereocenters. The maximum absolute atomic E-state index is 12.3. The van der Waals surface area contributed by atoms with Gasteiger partial charge in [-0.25, -0.2) is 4.79 Å². The second-order valence-corrected chi connectivity index (χ2v) is 7.19. The topological polar surface area (TPSA) is 97.1 Å². The number of aromatic carboxylic acids is 1. The second kappa shape index (κ2) is 6.70. The van der Waals surface area contributed by atoms with Crippen molar-refractivity contribution < 1.29 is 14.7 Å². The quantitative estimate of drug-likeness (QED) is 0.721. The Morgan fingerprint density at radius 2 is 2.10 bits per heavy atom. The molecule has 144 valence electrons. The van der Waals surface area contributed by atoms with E-state index in [2.05, 4.69) is 10.3 Å². The number of aromatic nitrogens is 3. The fourth-order valence-corrected chi connectivity index (χ4v) is 3.95. The Hall–Kier alpha value is -3.74. The van der Waals surface area contributed by atoms with Crippen molar-refractivity contribution in [3.63, 3.8) is 0 Å². The van der Waals surface area contributed by atoms with Crippen LogP contribution in [0.2, 0.25) is 0 Å². The third-order valence-electron chi connectivity index (χ3n) is 5.36. The lowest BCUT2D eigenvalue weighted by Gasteiger charge is -2.17. The summed E-state index contributed by atoms with van der Waals surface area (Å²) in [5, 5.41) is 16.7. The molecule has 0 bridgehead atoms. The monoisotopic (exact) mass is 386 g/mol. The predicted molar refractivity (Wildman–Crippen MR) is 108 cm³/mol. The zero-order valence-corrected chi connectivity index (χ0v) is 15.6. The fraction of sp³-hybridized carbons (Fsp3) is 0.182. The Morgan fingerprint density at radius 3 is 2.97 bits per heavy atom. The molecule has 1 aromatic carbocycles. The minimum Gasteiger partial charge on any atom is -0.478 e. The number of carboxylic acids is 1. The Kier molecular flexibility index (Phi) is 4.01. The standard InChI is InChI=1S/C22H18N4O3/c27-21-20-17-7-5-15-12-24-16(6-4-13-2-1-3-14(10-13)22(28)29)11-18(15)19(17)25-26(20)9-8-23-21/h1-4,6,10-12H,5,7-9H2,(H,23,27)(H,28,29)/b6-4+. The summed E-state index contributed by atoms with van der Waals surface area (Å²) < 4.78 is 1.81. The van der Waals surface area contributed by atoms with Gasteiger partial charge in [-0.15, -0.1) is 0 Å². The van der Waals surface area contributed by atoms with Crippen molar-refractivity contribution in [2.45, 2.75) is 19.4 Å². The summed E-state index contributed by atoms with van der Waals surface area (Å²) in [6.07, 6.45) is 7.18. The highest BCUT2D eigenvalue weighted by molar-refractivity contribution is 5.97. The van der Waals surface area contributed by atoms with Gasteiger partial charge >= 0.3 is 5.97 Å². The molecule has 1 aliphatic heterocycles. The van der Waals surface area contributed by atoms with Crippen LogP contribution in [0.4, 0.5) is 0 Å². The van der Waals surface area contributed by atoms with Gasteiger partial charge in [-0.3, -0.25) is 14.5 Å². The number of carbonyl (C=O) groups excluding carboxylic acids is 1. The number of fused-ring (bicyclic) bond motifs is 5. The molecule has 2 N–H and O–H groups in total. The van der Waals surface area contributed by atoms with Crippen LogP contribution < -0.4 is 5.32 Å². The summed E-state index contributed by atoms with van der Waals surface area (Å²) in [5.41, 5.74) is 6.47. The van der Waals surface area contributed by atoms with Crippen molar-refractivity contribution >= 4 is 24.0 Å². The summed E-state index contributed by atoms with van der Waals surface area (Å²) in [4.78, 5) is 27.9. The van der Waals surface area contributed by atoms with Crippen LogP contribution in [-0.2, 0) is 19.4 Å². The van der Waals surface area contributed by atoms with Crippen molar-refractivity contribution in [3.05, 3.63) is 70.2 Å². The molecule has 7 nitrogen and oxygen atoms in total. The molecule has 1 amide bonds. The van der Waals surface area contributed by atoms with E-state index in [9.17, 15) is 9.59 Å². The van der Waals surface area contributed by atoms with Gasteiger partial charge in [0, 0.05) is 23.9 Å². The number of nitrogens with one attached hydrogen (secondary N) is 1. The van der Waals surface area contributed by atoms with Crippen molar-refractivity contribution in [1.82, 2.24) is 20.1 Å². The van der Waals surface area contributed by atoms with Crippen LogP contribution >= 0.6 is 0 Å². The molecular formula is C22H18N4O3. The van der Waals surface area contributed by atoms with Gasteiger partial charge < -0.3 is 10.4 Å². The lowest BCUT2D eigenvalue weighted by Crippen LogP contribution is -2.36. The molecule has 0 saturated heterocycles. The lowest BCUT2D eigenvalue weighted by molar-refractivity contribution is 0.0696. The molecular weight excluding hydrogens is 368 g/mol. The van der Waals surface area contributed by atoms with E-state index in [1.165, 1.54) is 0 Å². The van der Waals surface area contributed by atoms with Crippen molar-refractivity contribution in [1.29, 1.82) is 0 Å². The first-order valence-electron chi connectivity index (χ1n) is 9.49. The zero-order valence-electron chi connectivity index (χ0n) is 15.6. The minimum atomic E-state index is -0.951. The zero-order chi connectivity index (χ0) is 20.0. The van der Waals surface area contributed by atoms with Crippen LogP contribution in [0.1, 0.15) is 43.2 Å². The number of hydrogen-bond acceptors (Lipinski definition) is 4. The van der Waals surface area contributed by atoms with Crippen LogP contribution in [0.3, 0.4) is 0 Å². The predicted octanol–water partition coefficient (Wildman–Crippen LogP) is 2.66. The molecule has 2 aromatic heterocycles. The molecule has 2 aliphatic rings. The summed E-state index contributed by atoms with van der Waals surface area (Å²) in [7, 11) is 0. The Labute approximate surface area is 166 Å². The smallest absolute Gasteiger partial charge is 0.335 e. The second-order valence-electron chi connectivity index (χ2n) is 7.19. The number of amides is 1. The first-order valence-corrected chi connectivity index (χ1v) is 9.49. The van der Waals surface area contributed by atoms with Crippen LogP contribution in [-0.4, -0.2) is 38.3 Å². The van der Waals surface area contributed by atoms with Crippen LogP contribution in [0, 0.1) is 0 Å². The highest BCUT2D eigenvalue weighted by Crippen LogP contribution is 2.35. The van der Waals surface area contributed by atoms with E-state index in [1.54, 1.807) is 18.2 Å². The van der Waals surface area contributed by atoms with Gasteiger partial charge in [0.25, 0.3) is 5.91 Å². The number of carbonyl (C=O) groups is 2. The number of aryl methyl sites for hydroxylation is 1. The van der Waals surface area contributed by atoms with Crippen LogP contribution in [0.25, 0.3) is 23.4 Å². The first kappa shape index (κ1) is 17.4. The molecule has 5 rings (SSSR count). The minimum absolute atomic E-state index is 0.0547. The van der Waals surface area contributed by atoms with E-state index in [0.717, 1.165) is 46.5 Å². The van der Waals surface area contributed by atoms with Gasteiger partial charge in [0.2, 0.25) is 0 Å². The molecule has 3 heterocycles. The third-order valence-corrected chi connectivity index (χ3v) is 5.36. The number of nitrogens with zero attached hydrogens (tertiary/aromatic N) is 3. The highest BCUT2D eigenvalue weighted by Gasteiger charge is 2.30. The number of carboxylic acid groups (broad SMARTS) is 1. The van der Waals surface area contributed by atoms with Gasteiger partial charge in [0.15, 0.2) is 0 Å². The SMILES string of the molecule is O=C(O)c1cccc(/C=C/c2cc3c(cn2)CCc2c-3nn3c2C(=O)NCC3)c1. The first-order chi connectivity index (χ1) is 14.1. The molecule has 29 heavy (non-hydrogen) atoms. The molecule has 0 fully saturated rings. The Bertz CT molecular complexity index is 1190. The number of rotatable bonds is 3. The van der Waals surface area contributed by atoms with E-state index >= 15 is 0 Å². The van der Waals surface area contributed by atoms with E-state index in [1.807, 2.05) is 35.2 Å². The van der Waals surface area contributed by atoms with E-state index in [0.29, 0.717) is 18.8 Å².